The van der Waals surface area contributed by atoms with E-state index < -0.39 is 0 Å². The van der Waals surface area contributed by atoms with Gasteiger partial charge in [-0.15, -0.1) is 0 Å². The molecule has 0 aromatic rings. The summed E-state index contributed by atoms with van der Waals surface area (Å²) in [7, 11) is 0. The Balaban J connectivity index is 1.73. The minimum atomic E-state index is 0.565. The van der Waals surface area contributed by atoms with Gasteiger partial charge in [-0.2, -0.15) is 0 Å². The molecule has 0 aromatic carbocycles. The fourth-order valence-corrected chi connectivity index (χ4v) is 3.54. The van der Waals surface area contributed by atoms with Crippen molar-refractivity contribution in [3.63, 3.8) is 0 Å². The summed E-state index contributed by atoms with van der Waals surface area (Å²) >= 11 is 0. The van der Waals surface area contributed by atoms with Crippen LogP contribution in [0.25, 0.3) is 0 Å². The lowest BCUT2D eigenvalue weighted by Crippen LogP contribution is -2.29. The van der Waals surface area contributed by atoms with E-state index in [1.807, 2.05) is 0 Å². The second-order valence-corrected chi connectivity index (χ2v) is 5.68. The third-order valence-electron chi connectivity index (χ3n) is 4.33. The second kappa shape index (κ2) is 2.06. The molecular formula is C11H19N. The van der Waals surface area contributed by atoms with Crippen molar-refractivity contribution in [2.45, 2.75) is 51.1 Å². The lowest BCUT2D eigenvalue weighted by Gasteiger charge is -2.25. The molecule has 0 amide bonds. The zero-order valence-corrected chi connectivity index (χ0v) is 8.21. The monoisotopic (exact) mass is 165 g/mol. The van der Waals surface area contributed by atoms with E-state index in [-0.39, 0.29) is 0 Å². The summed E-state index contributed by atoms with van der Waals surface area (Å²) in [6.07, 6.45) is 6.14. The van der Waals surface area contributed by atoms with Crippen molar-refractivity contribution < 1.29 is 0 Å². The van der Waals surface area contributed by atoms with Gasteiger partial charge in [0.15, 0.2) is 0 Å². The van der Waals surface area contributed by atoms with E-state index >= 15 is 0 Å². The van der Waals surface area contributed by atoms with Crippen LogP contribution < -0.4 is 0 Å². The molecule has 2 aliphatic carbocycles. The molecule has 3 unspecified atom stereocenters. The lowest BCUT2D eigenvalue weighted by atomic mass is 9.95. The van der Waals surface area contributed by atoms with Crippen molar-refractivity contribution in [2.24, 2.45) is 11.8 Å². The highest BCUT2D eigenvalue weighted by Crippen LogP contribution is 2.51. The Morgan fingerprint density at radius 3 is 2.33 bits per heavy atom. The van der Waals surface area contributed by atoms with Crippen LogP contribution in [-0.2, 0) is 0 Å². The van der Waals surface area contributed by atoms with Crippen LogP contribution in [0.15, 0.2) is 0 Å². The van der Waals surface area contributed by atoms with Crippen molar-refractivity contribution in [3.8, 4) is 0 Å². The molecule has 0 radical (unpaired) electrons. The van der Waals surface area contributed by atoms with Crippen molar-refractivity contribution in [3.05, 3.63) is 0 Å². The van der Waals surface area contributed by atoms with Crippen molar-refractivity contribution >= 4 is 0 Å². The summed E-state index contributed by atoms with van der Waals surface area (Å²) in [5.41, 5.74) is 0.565. The van der Waals surface area contributed by atoms with E-state index in [1.54, 1.807) is 6.42 Å². The lowest BCUT2D eigenvalue weighted by molar-refractivity contribution is 0.242. The van der Waals surface area contributed by atoms with Gasteiger partial charge in [0, 0.05) is 18.1 Å². The first-order valence-corrected chi connectivity index (χ1v) is 5.43. The highest BCUT2D eigenvalue weighted by molar-refractivity contribution is 5.08. The van der Waals surface area contributed by atoms with Crippen LogP contribution in [0.3, 0.4) is 0 Å². The molecule has 3 fully saturated rings. The van der Waals surface area contributed by atoms with Crippen LogP contribution >= 0.6 is 0 Å². The predicted molar refractivity (Wildman–Crippen MR) is 50.0 cm³/mol. The highest BCUT2D eigenvalue weighted by atomic mass is 15.4. The van der Waals surface area contributed by atoms with E-state index in [4.69, 9.17) is 0 Å². The number of rotatable bonds is 1. The summed E-state index contributed by atoms with van der Waals surface area (Å²) < 4.78 is 0. The van der Waals surface area contributed by atoms with Gasteiger partial charge in [-0.1, -0.05) is 6.42 Å². The van der Waals surface area contributed by atoms with E-state index in [2.05, 4.69) is 18.7 Å². The maximum absolute atomic E-state index is 2.73. The second-order valence-electron chi connectivity index (χ2n) is 5.68. The van der Waals surface area contributed by atoms with E-state index in [0.29, 0.717) is 5.54 Å². The highest BCUT2D eigenvalue weighted by Gasteiger charge is 2.53. The number of nitrogens with zero attached hydrogens (tertiary/aromatic N) is 1. The first-order valence-electron chi connectivity index (χ1n) is 5.43. The summed E-state index contributed by atoms with van der Waals surface area (Å²) in [6, 6.07) is 0.985. The minimum Gasteiger partial charge on any atom is -0.292 e. The van der Waals surface area contributed by atoms with Gasteiger partial charge in [-0.3, -0.25) is 4.90 Å². The number of hydrogen-bond donors (Lipinski definition) is 0. The van der Waals surface area contributed by atoms with Gasteiger partial charge in [0.1, 0.15) is 0 Å². The summed E-state index contributed by atoms with van der Waals surface area (Å²) in [5, 5.41) is 0. The van der Waals surface area contributed by atoms with Crippen LogP contribution in [0, 0.1) is 11.8 Å². The molecular weight excluding hydrogens is 146 g/mol. The van der Waals surface area contributed by atoms with Crippen molar-refractivity contribution in [1.82, 2.24) is 4.90 Å². The van der Waals surface area contributed by atoms with Crippen LogP contribution in [0.2, 0.25) is 0 Å². The molecule has 12 heavy (non-hydrogen) atoms. The number of hydrogen-bond acceptors (Lipinski definition) is 1. The Hall–Kier alpha value is -0.0400. The smallest absolute Gasteiger partial charge is 0.0284 e. The largest absolute Gasteiger partial charge is 0.292 e. The summed E-state index contributed by atoms with van der Waals surface area (Å²) in [5.74, 6) is 2.19. The van der Waals surface area contributed by atoms with Gasteiger partial charge >= 0.3 is 0 Å². The molecule has 1 heteroatoms. The molecule has 0 N–H and O–H groups in total. The van der Waals surface area contributed by atoms with Crippen LogP contribution in [-0.4, -0.2) is 23.0 Å². The first-order chi connectivity index (χ1) is 5.67. The zero-order valence-electron chi connectivity index (χ0n) is 8.21. The summed E-state index contributed by atoms with van der Waals surface area (Å²) in [6.45, 7) is 6.14. The average molecular weight is 165 g/mol. The Kier molecular flexibility index (Phi) is 1.27. The summed E-state index contributed by atoms with van der Waals surface area (Å²) in [4.78, 5) is 2.73. The van der Waals surface area contributed by atoms with E-state index in [0.717, 1.165) is 17.9 Å². The zero-order chi connectivity index (χ0) is 8.34. The topological polar surface area (TPSA) is 3.01 Å². The maximum atomic E-state index is 2.73. The average Bonchev–Trinajstić information content (AvgIpc) is 2.51. The van der Waals surface area contributed by atoms with Crippen molar-refractivity contribution in [2.75, 3.05) is 6.54 Å². The molecule has 2 saturated carbocycles. The normalized spacial score (nSPS) is 54.5. The molecule has 1 aliphatic heterocycles. The number of fused-ring (bicyclic) bond motifs is 2. The van der Waals surface area contributed by atoms with Gasteiger partial charge in [-0.25, -0.2) is 0 Å². The Bertz CT molecular complexity index is 209. The van der Waals surface area contributed by atoms with E-state index in [9.17, 15) is 0 Å². The fraction of sp³-hybridized carbons (Fsp3) is 1.00. The van der Waals surface area contributed by atoms with Gasteiger partial charge in [0.2, 0.25) is 0 Å². The Labute approximate surface area is 75.1 Å². The molecule has 1 nitrogen and oxygen atoms in total. The van der Waals surface area contributed by atoms with Crippen molar-refractivity contribution in [1.29, 1.82) is 0 Å². The van der Waals surface area contributed by atoms with Gasteiger partial charge in [-0.05, 0) is 44.9 Å². The SMILES string of the molecule is CC1(C)CN1[C@H]1CC2CCC1C2. The van der Waals surface area contributed by atoms with Crippen LogP contribution in [0.4, 0.5) is 0 Å². The quantitative estimate of drug-likeness (QED) is 0.539. The van der Waals surface area contributed by atoms with Gasteiger partial charge in [0.05, 0.1) is 0 Å². The molecule has 2 bridgehead atoms. The van der Waals surface area contributed by atoms with Crippen LogP contribution in [0.1, 0.15) is 39.5 Å². The third kappa shape index (κ3) is 0.891. The molecule has 3 aliphatic rings. The van der Waals surface area contributed by atoms with Gasteiger partial charge < -0.3 is 0 Å². The standard InChI is InChI=1S/C11H19N/c1-11(2)7-12(11)10-6-8-3-4-9(10)5-8/h8-10H,3-7H2,1-2H3/t8?,9?,10-,12?/m0/s1. The Morgan fingerprint density at radius 1 is 1.17 bits per heavy atom. The molecule has 68 valence electrons. The predicted octanol–water partition coefficient (Wildman–Crippen LogP) is 2.27. The Morgan fingerprint density at radius 2 is 1.92 bits per heavy atom. The third-order valence-corrected chi connectivity index (χ3v) is 4.33. The van der Waals surface area contributed by atoms with Gasteiger partial charge in [0.25, 0.3) is 0 Å². The molecule has 4 atom stereocenters. The minimum absolute atomic E-state index is 0.565. The molecule has 0 aromatic heterocycles. The maximum Gasteiger partial charge on any atom is 0.0284 e. The van der Waals surface area contributed by atoms with E-state index in [1.165, 1.54) is 25.8 Å². The fourth-order valence-electron chi connectivity index (χ4n) is 3.54. The molecule has 1 saturated heterocycles. The first kappa shape index (κ1) is 7.37. The molecule has 0 spiro atoms. The molecule has 1 heterocycles. The van der Waals surface area contributed by atoms with Crippen LogP contribution in [0.5, 0.6) is 0 Å². The molecule has 3 rings (SSSR count).